The van der Waals surface area contributed by atoms with Crippen LogP contribution in [0.4, 0.5) is 0 Å². The van der Waals surface area contributed by atoms with Crippen LogP contribution < -0.4 is 10.6 Å². The van der Waals surface area contributed by atoms with Crippen LogP contribution in [0.25, 0.3) is 0 Å². The predicted molar refractivity (Wildman–Crippen MR) is 124 cm³/mol. The monoisotopic (exact) mass is 430 g/mol. The van der Waals surface area contributed by atoms with Crippen molar-refractivity contribution in [3.05, 3.63) is 64.7 Å². The molecule has 7 heteroatoms. The minimum absolute atomic E-state index is 0.373. The zero-order valence-electron chi connectivity index (χ0n) is 18.7. The van der Waals surface area contributed by atoms with Crippen molar-refractivity contribution >= 4 is 15.8 Å². The lowest BCUT2D eigenvalue weighted by molar-refractivity contribution is 0.296. The lowest BCUT2D eigenvalue weighted by atomic mass is 10.1. The summed E-state index contributed by atoms with van der Waals surface area (Å²) in [5.41, 5.74) is 4.27. The molecule has 6 nitrogen and oxygen atoms in total. The number of aliphatic imine (C=N–C) groups is 1. The summed E-state index contributed by atoms with van der Waals surface area (Å²) in [5.74, 6) is 0.703. The smallest absolute Gasteiger partial charge is 0.191 e. The molecule has 2 aromatic carbocycles. The zero-order chi connectivity index (χ0) is 22.1. The van der Waals surface area contributed by atoms with Gasteiger partial charge in [0.1, 0.15) is 0 Å². The van der Waals surface area contributed by atoms with Crippen molar-refractivity contribution in [3.63, 3.8) is 0 Å². The average Bonchev–Trinajstić information content (AvgIpc) is 2.71. The highest BCUT2D eigenvalue weighted by atomic mass is 32.2. The third kappa shape index (κ3) is 7.15. The molecule has 0 aliphatic heterocycles. The van der Waals surface area contributed by atoms with E-state index in [0.29, 0.717) is 23.9 Å². The van der Waals surface area contributed by atoms with E-state index in [2.05, 4.69) is 58.6 Å². The molecule has 0 amide bonds. The molecular formula is C23H34N4O2S. The van der Waals surface area contributed by atoms with Crippen molar-refractivity contribution in [1.82, 2.24) is 15.5 Å². The number of nitrogens with one attached hydrogen (secondary N) is 2. The summed E-state index contributed by atoms with van der Waals surface area (Å²) in [7, 11) is -1.46. The zero-order valence-corrected chi connectivity index (χ0v) is 19.5. The molecule has 2 aromatic rings. The molecule has 164 valence electrons. The van der Waals surface area contributed by atoms with Crippen LogP contribution in [0.3, 0.4) is 0 Å². The highest BCUT2D eigenvalue weighted by molar-refractivity contribution is 7.90. The van der Waals surface area contributed by atoms with Crippen LogP contribution in [0.15, 0.2) is 52.4 Å². The van der Waals surface area contributed by atoms with Crippen LogP contribution in [0.2, 0.25) is 0 Å². The summed E-state index contributed by atoms with van der Waals surface area (Å²) >= 11 is 0. The standard InChI is InChI=1S/C23H34N4O2S/c1-6-27(7-2)17-21-10-8-9-19(14-21)15-25-23(24-4)26-16-20-11-12-22(18(3)13-20)30(5,28)29/h8-14H,6-7,15-17H2,1-5H3,(H2,24,25,26). The number of benzene rings is 2. The van der Waals surface area contributed by atoms with Gasteiger partial charge in [0.25, 0.3) is 0 Å². The molecule has 0 aliphatic rings. The molecule has 0 unspecified atom stereocenters. The molecule has 0 spiro atoms. The molecule has 0 saturated carbocycles. The van der Waals surface area contributed by atoms with E-state index in [0.717, 1.165) is 30.8 Å². The first-order chi connectivity index (χ1) is 14.3. The van der Waals surface area contributed by atoms with Gasteiger partial charge in [0.05, 0.1) is 4.90 Å². The highest BCUT2D eigenvalue weighted by Crippen LogP contribution is 2.16. The Labute approximate surface area is 181 Å². The predicted octanol–water partition coefficient (Wildman–Crippen LogP) is 3.11. The third-order valence-corrected chi connectivity index (χ3v) is 6.33. The van der Waals surface area contributed by atoms with Crippen molar-refractivity contribution < 1.29 is 8.42 Å². The van der Waals surface area contributed by atoms with Crippen LogP contribution in [-0.2, 0) is 29.5 Å². The van der Waals surface area contributed by atoms with E-state index in [1.807, 2.05) is 19.1 Å². The summed E-state index contributed by atoms with van der Waals surface area (Å²) in [6.07, 6.45) is 1.23. The fourth-order valence-corrected chi connectivity index (χ4v) is 4.33. The van der Waals surface area contributed by atoms with Gasteiger partial charge in [0.2, 0.25) is 0 Å². The molecular weight excluding hydrogens is 396 g/mol. The van der Waals surface area contributed by atoms with E-state index < -0.39 is 9.84 Å². The maximum Gasteiger partial charge on any atom is 0.191 e. The van der Waals surface area contributed by atoms with Crippen LogP contribution in [0.1, 0.15) is 36.1 Å². The van der Waals surface area contributed by atoms with Crippen molar-refractivity contribution in [3.8, 4) is 0 Å². The van der Waals surface area contributed by atoms with E-state index in [-0.39, 0.29) is 0 Å². The topological polar surface area (TPSA) is 73.8 Å². The summed E-state index contributed by atoms with van der Waals surface area (Å²) in [6, 6.07) is 14.0. The summed E-state index contributed by atoms with van der Waals surface area (Å²) < 4.78 is 23.5. The maximum atomic E-state index is 11.8. The third-order valence-electron chi connectivity index (χ3n) is 5.07. The Kier molecular flexibility index (Phi) is 8.87. The number of guanidine groups is 1. The van der Waals surface area contributed by atoms with Crippen LogP contribution in [0.5, 0.6) is 0 Å². The van der Waals surface area contributed by atoms with Gasteiger partial charge in [-0.15, -0.1) is 0 Å². The normalized spacial score (nSPS) is 12.3. The van der Waals surface area contributed by atoms with E-state index in [4.69, 9.17) is 0 Å². The number of rotatable bonds is 9. The highest BCUT2D eigenvalue weighted by Gasteiger charge is 2.11. The molecule has 0 heterocycles. The van der Waals surface area contributed by atoms with Gasteiger partial charge in [-0.25, -0.2) is 8.42 Å². The lowest BCUT2D eigenvalue weighted by Gasteiger charge is -2.18. The number of hydrogen-bond acceptors (Lipinski definition) is 4. The molecule has 0 aromatic heterocycles. The second kappa shape index (κ2) is 11.1. The molecule has 0 saturated heterocycles. The van der Waals surface area contributed by atoms with Gasteiger partial charge < -0.3 is 10.6 Å². The molecule has 0 atom stereocenters. The Bertz CT molecular complexity index is 967. The Hall–Kier alpha value is -2.38. The second-order valence-electron chi connectivity index (χ2n) is 7.43. The van der Waals surface area contributed by atoms with Gasteiger partial charge in [-0.1, -0.05) is 50.2 Å². The minimum atomic E-state index is -3.20. The van der Waals surface area contributed by atoms with Crippen molar-refractivity contribution in [1.29, 1.82) is 0 Å². The van der Waals surface area contributed by atoms with Gasteiger partial charge in [0, 0.05) is 32.9 Å². The van der Waals surface area contributed by atoms with Gasteiger partial charge in [0.15, 0.2) is 15.8 Å². The fraction of sp³-hybridized carbons (Fsp3) is 0.435. The van der Waals surface area contributed by atoms with Crippen molar-refractivity contribution in [2.24, 2.45) is 4.99 Å². The summed E-state index contributed by atoms with van der Waals surface area (Å²) in [5, 5.41) is 6.63. The molecule has 2 N–H and O–H groups in total. The molecule has 2 rings (SSSR count). The Balaban J connectivity index is 1.94. The average molecular weight is 431 g/mol. The first-order valence-electron chi connectivity index (χ1n) is 10.3. The summed E-state index contributed by atoms with van der Waals surface area (Å²) in [4.78, 5) is 7.05. The molecule has 0 bridgehead atoms. The molecule has 0 aliphatic carbocycles. The van der Waals surface area contributed by atoms with E-state index >= 15 is 0 Å². The number of aryl methyl sites for hydroxylation is 1. The van der Waals surface area contributed by atoms with Gasteiger partial charge in [-0.05, 0) is 48.3 Å². The van der Waals surface area contributed by atoms with Gasteiger partial charge in [-0.2, -0.15) is 0 Å². The van der Waals surface area contributed by atoms with Gasteiger partial charge in [-0.3, -0.25) is 9.89 Å². The molecule has 0 fully saturated rings. The SMILES string of the molecule is CCN(CC)Cc1cccc(CNC(=NC)NCc2ccc(S(C)(=O)=O)c(C)c2)c1. The maximum absolute atomic E-state index is 11.8. The largest absolute Gasteiger partial charge is 0.352 e. The van der Waals surface area contributed by atoms with Crippen LogP contribution in [0, 0.1) is 6.92 Å². The molecule has 30 heavy (non-hydrogen) atoms. The van der Waals surface area contributed by atoms with Crippen molar-refractivity contribution in [2.75, 3.05) is 26.4 Å². The van der Waals surface area contributed by atoms with Crippen LogP contribution in [-0.4, -0.2) is 45.7 Å². The van der Waals surface area contributed by atoms with Gasteiger partial charge >= 0.3 is 0 Å². The number of sulfone groups is 1. The minimum Gasteiger partial charge on any atom is -0.352 e. The Morgan fingerprint density at radius 3 is 2.10 bits per heavy atom. The number of nitrogens with zero attached hydrogens (tertiary/aromatic N) is 2. The van der Waals surface area contributed by atoms with Crippen molar-refractivity contribution in [2.45, 2.75) is 45.3 Å². The molecule has 0 radical (unpaired) electrons. The van der Waals surface area contributed by atoms with Crippen LogP contribution >= 0.6 is 0 Å². The number of hydrogen-bond donors (Lipinski definition) is 2. The summed E-state index contributed by atoms with van der Waals surface area (Å²) in [6.45, 7) is 10.5. The quantitative estimate of drug-likeness (QED) is 0.472. The van der Waals surface area contributed by atoms with E-state index in [9.17, 15) is 8.42 Å². The Morgan fingerprint density at radius 1 is 0.967 bits per heavy atom. The second-order valence-corrected chi connectivity index (χ2v) is 9.42. The first kappa shape index (κ1) is 23.9. The van der Waals surface area contributed by atoms with E-state index in [1.165, 1.54) is 17.4 Å². The van der Waals surface area contributed by atoms with E-state index in [1.54, 1.807) is 13.1 Å². The lowest BCUT2D eigenvalue weighted by Crippen LogP contribution is -2.36. The Morgan fingerprint density at radius 2 is 1.57 bits per heavy atom. The fourth-order valence-electron chi connectivity index (χ4n) is 3.37. The first-order valence-corrected chi connectivity index (χ1v) is 12.2.